The van der Waals surface area contributed by atoms with Gasteiger partial charge in [-0.2, -0.15) is 0 Å². The van der Waals surface area contributed by atoms with E-state index in [1.807, 2.05) is 6.92 Å². The Morgan fingerprint density at radius 1 is 1.28 bits per heavy atom. The number of hydrogen-bond donors (Lipinski definition) is 1. The summed E-state index contributed by atoms with van der Waals surface area (Å²) >= 11 is 7.09. The predicted octanol–water partition coefficient (Wildman–Crippen LogP) is 4.38. The molecule has 29 heavy (non-hydrogen) atoms. The third kappa shape index (κ3) is 5.16. The number of aryl methyl sites for hydroxylation is 1. The Bertz CT molecular complexity index is 910. The first-order valence-electron chi connectivity index (χ1n) is 9.52. The molecule has 0 spiro atoms. The van der Waals surface area contributed by atoms with Gasteiger partial charge in [0.05, 0.1) is 17.5 Å². The van der Waals surface area contributed by atoms with Crippen LogP contribution in [0, 0.1) is 12.8 Å². The highest BCUT2D eigenvalue weighted by molar-refractivity contribution is 7.18. The molecule has 1 aliphatic heterocycles. The van der Waals surface area contributed by atoms with E-state index in [-0.39, 0.29) is 23.7 Å². The van der Waals surface area contributed by atoms with Crippen LogP contribution in [0.3, 0.4) is 0 Å². The normalized spacial score (nSPS) is 16.4. The van der Waals surface area contributed by atoms with Gasteiger partial charge >= 0.3 is 5.97 Å². The van der Waals surface area contributed by atoms with Crippen molar-refractivity contribution in [3.05, 3.63) is 51.4 Å². The summed E-state index contributed by atoms with van der Waals surface area (Å²) in [5.41, 5.74) is 1.33. The molecular formula is C21H23ClN2O4S. The highest BCUT2D eigenvalue weighted by Crippen LogP contribution is 2.29. The number of esters is 1. The second-order valence-electron chi connectivity index (χ2n) is 6.93. The van der Waals surface area contributed by atoms with Crippen LogP contribution in [0.2, 0.25) is 5.02 Å². The summed E-state index contributed by atoms with van der Waals surface area (Å²) in [4.78, 5) is 39.6. The number of hydrogen-bond acceptors (Lipinski definition) is 5. The van der Waals surface area contributed by atoms with Crippen LogP contribution in [0.25, 0.3) is 0 Å². The molecule has 1 fully saturated rings. The zero-order valence-corrected chi connectivity index (χ0v) is 17.9. The lowest BCUT2D eigenvalue weighted by atomic mass is 9.96. The topological polar surface area (TPSA) is 75.7 Å². The van der Waals surface area contributed by atoms with E-state index in [0.717, 1.165) is 12.0 Å². The summed E-state index contributed by atoms with van der Waals surface area (Å²) < 4.78 is 5.04. The molecule has 0 bridgehead atoms. The fraction of sp³-hybridized carbons (Fsp3) is 0.381. The molecule has 0 saturated carbocycles. The maximum absolute atomic E-state index is 12.8. The molecule has 8 heteroatoms. The van der Waals surface area contributed by atoms with Gasteiger partial charge in [-0.3, -0.25) is 9.59 Å². The predicted molar refractivity (Wildman–Crippen MR) is 114 cm³/mol. The Hall–Kier alpha value is -2.38. The summed E-state index contributed by atoms with van der Waals surface area (Å²) in [6, 6.07) is 8.53. The van der Waals surface area contributed by atoms with Crippen LogP contribution in [0.15, 0.2) is 30.3 Å². The molecule has 0 radical (unpaired) electrons. The number of anilines is 1. The number of nitrogens with one attached hydrogen (secondary N) is 1. The lowest BCUT2D eigenvalue weighted by Gasteiger charge is -2.32. The number of thiophene rings is 1. The number of ether oxygens (including phenoxy) is 1. The van der Waals surface area contributed by atoms with Gasteiger partial charge in [0.2, 0.25) is 5.91 Å². The number of rotatable bonds is 5. The van der Waals surface area contributed by atoms with Gasteiger partial charge in [0.15, 0.2) is 0 Å². The number of likely N-dealkylation sites (tertiary alicyclic amines) is 1. The van der Waals surface area contributed by atoms with E-state index in [4.69, 9.17) is 16.3 Å². The van der Waals surface area contributed by atoms with E-state index in [9.17, 15) is 14.4 Å². The van der Waals surface area contributed by atoms with Crippen molar-refractivity contribution < 1.29 is 19.1 Å². The molecule has 1 N–H and O–H groups in total. The van der Waals surface area contributed by atoms with Gasteiger partial charge in [-0.15, -0.1) is 11.3 Å². The summed E-state index contributed by atoms with van der Waals surface area (Å²) in [5, 5.41) is 4.08. The van der Waals surface area contributed by atoms with Gasteiger partial charge in [0, 0.05) is 23.7 Å². The van der Waals surface area contributed by atoms with Crippen molar-refractivity contribution in [1.29, 1.82) is 0 Å². The van der Waals surface area contributed by atoms with Crippen molar-refractivity contribution in [2.24, 2.45) is 5.92 Å². The zero-order chi connectivity index (χ0) is 21.0. The molecule has 2 aromatic rings. The third-order valence-corrected chi connectivity index (χ3v) is 6.18. The van der Waals surface area contributed by atoms with E-state index in [0.29, 0.717) is 46.6 Å². The van der Waals surface area contributed by atoms with Crippen molar-refractivity contribution in [2.45, 2.75) is 26.7 Å². The summed E-state index contributed by atoms with van der Waals surface area (Å²) in [6.07, 6.45) is 1.47. The number of carbonyl (C=O) groups is 3. The largest absolute Gasteiger partial charge is 0.462 e. The third-order valence-electron chi connectivity index (χ3n) is 4.80. The second kappa shape index (κ2) is 9.41. The van der Waals surface area contributed by atoms with Gasteiger partial charge in [0.25, 0.3) is 5.91 Å². The molecule has 6 nitrogen and oxygen atoms in total. The fourth-order valence-electron chi connectivity index (χ4n) is 3.32. The Morgan fingerprint density at radius 2 is 2.00 bits per heavy atom. The maximum Gasteiger partial charge on any atom is 0.348 e. The first-order chi connectivity index (χ1) is 13.9. The van der Waals surface area contributed by atoms with Crippen molar-refractivity contribution in [3.63, 3.8) is 0 Å². The SMILES string of the molecule is CCOC(=O)c1sc(NC(=O)C2CCCN(C(=O)c3ccc(Cl)cc3)C2)cc1C. The van der Waals surface area contributed by atoms with Crippen LogP contribution < -0.4 is 5.32 Å². The van der Waals surface area contributed by atoms with E-state index >= 15 is 0 Å². The summed E-state index contributed by atoms with van der Waals surface area (Å²) in [6.45, 7) is 4.85. The Balaban J connectivity index is 1.64. The second-order valence-corrected chi connectivity index (χ2v) is 8.42. The van der Waals surface area contributed by atoms with E-state index in [1.165, 1.54) is 11.3 Å². The molecule has 1 aromatic heterocycles. The zero-order valence-electron chi connectivity index (χ0n) is 16.4. The highest BCUT2D eigenvalue weighted by atomic mass is 35.5. The van der Waals surface area contributed by atoms with E-state index < -0.39 is 0 Å². The molecule has 1 aromatic carbocycles. The number of halogens is 1. The van der Waals surface area contributed by atoms with Crippen LogP contribution in [0.4, 0.5) is 5.00 Å². The van der Waals surface area contributed by atoms with Crippen LogP contribution in [-0.4, -0.2) is 42.4 Å². The number of benzene rings is 1. The maximum atomic E-state index is 12.8. The van der Waals surface area contributed by atoms with Crippen molar-refractivity contribution in [3.8, 4) is 0 Å². The minimum absolute atomic E-state index is 0.101. The molecule has 1 unspecified atom stereocenters. The van der Waals surface area contributed by atoms with Crippen LogP contribution in [-0.2, 0) is 9.53 Å². The number of carbonyl (C=O) groups excluding carboxylic acids is 3. The first kappa shape index (κ1) is 21.3. The molecule has 1 saturated heterocycles. The van der Waals surface area contributed by atoms with Gasteiger partial charge in [-0.1, -0.05) is 11.6 Å². The van der Waals surface area contributed by atoms with Crippen molar-refractivity contribution in [1.82, 2.24) is 4.90 Å². The molecule has 3 rings (SSSR count). The van der Waals surface area contributed by atoms with Crippen LogP contribution in [0.1, 0.15) is 45.4 Å². The smallest absolute Gasteiger partial charge is 0.348 e. The molecule has 2 amide bonds. The summed E-state index contributed by atoms with van der Waals surface area (Å²) in [5.74, 6) is -0.924. The standard InChI is InChI=1S/C21H23ClN2O4S/c1-3-28-21(27)18-13(2)11-17(29-18)23-19(25)15-5-4-10-24(12-15)20(26)14-6-8-16(22)9-7-14/h6-9,11,15H,3-5,10,12H2,1-2H3,(H,23,25). The summed E-state index contributed by atoms with van der Waals surface area (Å²) in [7, 11) is 0. The minimum Gasteiger partial charge on any atom is -0.462 e. The Labute approximate surface area is 178 Å². The van der Waals surface area contributed by atoms with Gasteiger partial charge in [-0.25, -0.2) is 4.79 Å². The van der Waals surface area contributed by atoms with Crippen molar-refractivity contribution >= 4 is 45.7 Å². The molecule has 1 aliphatic rings. The molecule has 1 atom stereocenters. The Kier molecular flexibility index (Phi) is 6.92. The van der Waals surface area contributed by atoms with Crippen molar-refractivity contribution in [2.75, 3.05) is 25.0 Å². The van der Waals surface area contributed by atoms with Gasteiger partial charge in [-0.05, 0) is 62.6 Å². The molecule has 2 heterocycles. The number of nitrogens with zero attached hydrogens (tertiary/aromatic N) is 1. The number of amides is 2. The molecule has 0 aliphatic carbocycles. The average Bonchev–Trinajstić information content (AvgIpc) is 3.08. The lowest BCUT2D eigenvalue weighted by Crippen LogP contribution is -2.43. The van der Waals surface area contributed by atoms with Crippen LogP contribution in [0.5, 0.6) is 0 Å². The quantitative estimate of drug-likeness (QED) is 0.708. The molecular weight excluding hydrogens is 412 g/mol. The van der Waals surface area contributed by atoms with E-state index in [1.54, 1.807) is 42.2 Å². The van der Waals surface area contributed by atoms with Gasteiger partial charge in [0.1, 0.15) is 4.88 Å². The highest BCUT2D eigenvalue weighted by Gasteiger charge is 2.29. The molecule has 154 valence electrons. The lowest BCUT2D eigenvalue weighted by molar-refractivity contribution is -0.121. The Morgan fingerprint density at radius 3 is 2.69 bits per heavy atom. The minimum atomic E-state index is -0.382. The van der Waals surface area contributed by atoms with Crippen LogP contribution >= 0.6 is 22.9 Å². The monoisotopic (exact) mass is 434 g/mol. The fourth-order valence-corrected chi connectivity index (χ4v) is 4.41. The first-order valence-corrected chi connectivity index (χ1v) is 10.7. The van der Waals surface area contributed by atoms with E-state index in [2.05, 4.69) is 5.32 Å². The average molecular weight is 435 g/mol. The number of piperidine rings is 1. The van der Waals surface area contributed by atoms with Gasteiger partial charge < -0.3 is 15.0 Å².